The lowest BCUT2D eigenvalue weighted by atomic mass is 9.88. The van der Waals surface area contributed by atoms with Crippen LogP contribution in [0.2, 0.25) is 0 Å². The van der Waals surface area contributed by atoms with E-state index < -0.39 is 0 Å². The molecule has 0 bridgehead atoms. The molecule has 25 heavy (non-hydrogen) atoms. The van der Waals surface area contributed by atoms with Crippen LogP contribution in [0.25, 0.3) is 0 Å². The number of aryl methyl sites for hydroxylation is 1. The van der Waals surface area contributed by atoms with Gasteiger partial charge < -0.3 is 10.6 Å². The predicted molar refractivity (Wildman–Crippen MR) is 98.6 cm³/mol. The second-order valence-corrected chi connectivity index (χ2v) is 6.53. The average Bonchev–Trinajstić information content (AvgIpc) is 2.64. The molecule has 1 aliphatic rings. The summed E-state index contributed by atoms with van der Waals surface area (Å²) in [5.74, 6) is 0.444. The van der Waals surface area contributed by atoms with E-state index >= 15 is 0 Å². The number of aromatic nitrogens is 1. The number of anilines is 2. The summed E-state index contributed by atoms with van der Waals surface area (Å²) in [4.78, 5) is 29.0. The fourth-order valence-corrected chi connectivity index (χ4v) is 3.14. The Labute approximate surface area is 147 Å². The number of benzene rings is 1. The summed E-state index contributed by atoms with van der Waals surface area (Å²) in [6, 6.07) is 10.7. The highest BCUT2D eigenvalue weighted by Crippen LogP contribution is 2.25. The Kier molecular flexibility index (Phi) is 5.43. The Bertz CT molecular complexity index is 767. The third-order valence-electron chi connectivity index (χ3n) is 4.61. The van der Waals surface area contributed by atoms with Crippen LogP contribution in [0.5, 0.6) is 0 Å². The number of nitrogens with one attached hydrogen (secondary N) is 2. The summed E-state index contributed by atoms with van der Waals surface area (Å²) < 4.78 is 0. The SMILES string of the molecule is Cc1cccnc1NC(=O)c1cccc(NC(=O)C2CCCCC2)c1. The first-order chi connectivity index (χ1) is 12.1. The lowest BCUT2D eigenvalue weighted by molar-refractivity contribution is -0.120. The molecule has 1 heterocycles. The molecule has 1 aromatic heterocycles. The van der Waals surface area contributed by atoms with E-state index in [1.165, 1.54) is 6.42 Å². The highest BCUT2D eigenvalue weighted by molar-refractivity contribution is 6.05. The van der Waals surface area contributed by atoms with Gasteiger partial charge in [-0.15, -0.1) is 0 Å². The lowest BCUT2D eigenvalue weighted by Crippen LogP contribution is -2.24. The van der Waals surface area contributed by atoms with Crippen LogP contribution in [0.3, 0.4) is 0 Å². The molecule has 2 N–H and O–H groups in total. The minimum absolute atomic E-state index is 0.0535. The molecule has 1 saturated carbocycles. The molecule has 0 unspecified atom stereocenters. The molecule has 3 rings (SSSR count). The van der Waals surface area contributed by atoms with Crippen LogP contribution in [0.1, 0.15) is 48.0 Å². The van der Waals surface area contributed by atoms with E-state index in [4.69, 9.17) is 0 Å². The monoisotopic (exact) mass is 337 g/mol. The summed E-state index contributed by atoms with van der Waals surface area (Å²) in [5, 5.41) is 5.76. The maximum absolute atomic E-state index is 12.4. The Morgan fingerprint density at radius 1 is 1.04 bits per heavy atom. The van der Waals surface area contributed by atoms with Crippen molar-refractivity contribution in [2.45, 2.75) is 39.0 Å². The standard InChI is InChI=1S/C20H23N3O2/c1-14-7-6-12-21-18(14)23-20(25)16-10-5-11-17(13-16)22-19(24)15-8-3-2-4-9-15/h5-7,10-13,15H,2-4,8-9H2,1H3,(H,22,24)(H,21,23,25). The second-order valence-electron chi connectivity index (χ2n) is 6.53. The van der Waals surface area contributed by atoms with Gasteiger partial charge in [0.1, 0.15) is 5.82 Å². The van der Waals surface area contributed by atoms with Crippen molar-refractivity contribution in [1.29, 1.82) is 0 Å². The zero-order valence-electron chi connectivity index (χ0n) is 14.4. The van der Waals surface area contributed by atoms with Gasteiger partial charge in [0.2, 0.25) is 5.91 Å². The Balaban J connectivity index is 1.67. The second kappa shape index (κ2) is 7.92. The zero-order valence-corrected chi connectivity index (χ0v) is 14.4. The van der Waals surface area contributed by atoms with Crippen LogP contribution in [0.4, 0.5) is 11.5 Å². The van der Waals surface area contributed by atoms with E-state index in [1.54, 1.807) is 24.4 Å². The third kappa shape index (κ3) is 4.44. The van der Waals surface area contributed by atoms with Crippen molar-refractivity contribution in [1.82, 2.24) is 4.98 Å². The number of carbonyl (C=O) groups is 2. The van der Waals surface area contributed by atoms with Gasteiger partial charge in [-0.25, -0.2) is 4.98 Å². The molecule has 0 spiro atoms. The Morgan fingerprint density at radius 3 is 2.60 bits per heavy atom. The van der Waals surface area contributed by atoms with Crippen LogP contribution in [-0.2, 0) is 4.79 Å². The fourth-order valence-electron chi connectivity index (χ4n) is 3.14. The van der Waals surface area contributed by atoms with Gasteiger partial charge in [-0.2, -0.15) is 0 Å². The number of rotatable bonds is 4. The summed E-state index contributed by atoms with van der Waals surface area (Å²) >= 11 is 0. The van der Waals surface area contributed by atoms with E-state index in [-0.39, 0.29) is 17.7 Å². The maximum atomic E-state index is 12.4. The van der Waals surface area contributed by atoms with E-state index in [1.807, 2.05) is 25.1 Å². The molecule has 0 atom stereocenters. The number of hydrogen-bond donors (Lipinski definition) is 2. The first kappa shape index (κ1) is 17.1. The number of carbonyl (C=O) groups excluding carboxylic acids is 2. The Morgan fingerprint density at radius 2 is 1.84 bits per heavy atom. The van der Waals surface area contributed by atoms with Crippen LogP contribution < -0.4 is 10.6 Å². The molecule has 0 aliphatic heterocycles. The molecule has 1 aromatic carbocycles. The van der Waals surface area contributed by atoms with Gasteiger partial charge in [0, 0.05) is 23.4 Å². The number of pyridine rings is 1. The first-order valence-electron chi connectivity index (χ1n) is 8.77. The van der Waals surface area contributed by atoms with Crippen LogP contribution in [-0.4, -0.2) is 16.8 Å². The van der Waals surface area contributed by atoms with Crippen molar-refractivity contribution in [3.8, 4) is 0 Å². The van der Waals surface area contributed by atoms with Gasteiger partial charge in [0.25, 0.3) is 5.91 Å². The van der Waals surface area contributed by atoms with E-state index in [2.05, 4.69) is 15.6 Å². The van der Waals surface area contributed by atoms with Crippen LogP contribution in [0, 0.1) is 12.8 Å². The van der Waals surface area contributed by atoms with Crippen LogP contribution >= 0.6 is 0 Å². The van der Waals surface area contributed by atoms with Crippen molar-refractivity contribution in [3.63, 3.8) is 0 Å². The molecule has 2 aromatic rings. The molecule has 5 nitrogen and oxygen atoms in total. The summed E-state index contributed by atoms with van der Waals surface area (Å²) in [7, 11) is 0. The minimum atomic E-state index is -0.240. The van der Waals surface area contributed by atoms with E-state index in [0.29, 0.717) is 17.1 Å². The minimum Gasteiger partial charge on any atom is -0.326 e. The lowest BCUT2D eigenvalue weighted by Gasteiger charge is -2.20. The molecular formula is C20H23N3O2. The highest BCUT2D eigenvalue weighted by Gasteiger charge is 2.21. The van der Waals surface area contributed by atoms with Crippen LogP contribution in [0.15, 0.2) is 42.6 Å². The topological polar surface area (TPSA) is 71.1 Å². The summed E-state index contributed by atoms with van der Waals surface area (Å²) in [6.07, 6.45) is 6.99. The normalized spacial score (nSPS) is 14.8. The van der Waals surface area contributed by atoms with Gasteiger partial charge >= 0.3 is 0 Å². The number of amides is 2. The van der Waals surface area contributed by atoms with Gasteiger partial charge in [-0.3, -0.25) is 9.59 Å². The van der Waals surface area contributed by atoms with E-state index in [0.717, 1.165) is 31.2 Å². The zero-order chi connectivity index (χ0) is 17.6. The predicted octanol–water partition coefficient (Wildman–Crippen LogP) is 4.16. The first-order valence-corrected chi connectivity index (χ1v) is 8.77. The molecule has 2 amide bonds. The van der Waals surface area contributed by atoms with Gasteiger partial charge in [0.15, 0.2) is 0 Å². The average molecular weight is 337 g/mol. The highest BCUT2D eigenvalue weighted by atomic mass is 16.2. The summed E-state index contributed by atoms with van der Waals surface area (Å²) in [5.41, 5.74) is 2.05. The molecule has 5 heteroatoms. The maximum Gasteiger partial charge on any atom is 0.256 e. The third-order valence-corrected chi connectivity index (χ3v) is 4.61. The molecule has 1 aliphatic carbocycles. The number of nitrogens with zero attached hydrogens (tertiary/aromatic N) is 1. The quantitative estimate of drug-likeness (QED) is 0.880. The number of hydrogen-bond acceptors (Lipinski definition) is 3. The van der Waals surface area contributed by atoms with Crippen molar-refractivity contribution < 1.29 is 9.59 Å². The largest absolute Gasteiger partial charge is 0.326 e. The molecule has 0 radical (unpaired) electrons. The summed E-state index contributed by atoms with van der Waals surface area (Å²) in [6.45, 7) is 1.89. The van der Waals surface area contributed by atoms with E-state index in [9.17, 15) is 9.59 Å². The van der Waals surface area contributed by atoms with Gasteiger partial charge in [0.05, 0.1) is 0 Å². The van der Waals surface area contributed by atoms with Crippen molar-refractivity contribution >= 4 is 23.3 Å². The molecule has 130 valence electrons. The van der Waals surface area contributed by atoms with Crippen molar-refractivity contribution in [2.24, 2.45) is 5.92 Å². The smallest absolute Gasteiger partial charge is 0.256 e. The molecular weight excluding hydrogens is 314 g/mol. The molecule has 1 fully saturated rings. The molecule has 0 saturated heterocycles. The Hall–Kier alpha value is -2.69. The van der Waals surface area contributed by atoms with Crippen molar-refractivity contribution in [2.75, 3.05) is 10.6 Å². The van der Waals surface area contributed by atoms with Gasteiger partial charge in [-0.1, -0.05) is 31.4 Å². The fraction of sp³-hybridized carbons (Fsp3) is 0.350. The van der Waals surface area contributed by atoms with Crippen molar-refractivity contribution in [3.05, 3.63) is 53.7 Å². The van der Waals surface area contributed by atoms with Gasteiger partial charge in [-0.05, 0) is 49.6 Å².